The Bertz CT molecular complexity index is 401. The summed E-state index contributed by atoms with van der Waals surface area (Å²) < 4.78 is 5.65. The van der Waals surface area contributed by atoms with Crippen molar-refractivity contribution in [2.24, 2.45) is 17.8 Å². The first-order valence-electron chi connectivity index (χ1n) is 8.27. The summed E-state index contributed by atoms with van der Waals surface area (Å²) in [5.41, 5.74) is 0. The van der Waals surface area contributed by atoms with E-state index in [0.717, 1.165) is 38.7 Å². The Kier molecular flexibility index (Phi) is 4.48. The van der Waals surface area contributed by atoms with Gasteiger partial charge in [0.05, 0.1) is 12.0 Å². The van der Waals surface area contributed by atoms with E-state index in [1.165, 1.54) is 6.42 Å². The first-order chi connectivity index (χ1) is 10.1. The Labute approximate surface area is 125 Å². The van der Waals surface area contributed by atoms with E-state index >= 15 is 0 Å². The molecule has 0 aromatic rings. The van der Waals surface area contributed by atoms with Gasteiger partial charge in [0.1, 0.15) is 0 Å². The average Bonchev–Trinajstić information content (AvgIpc) is 3.24. The normalized spacial score (nSPS) is 33.1. The maximum atomic E-state index is 12.3. The van der Waals surface area contributed by atoms with Crippen molar-refractivity contribution in [2.45, 2.75) is 51.0 Å². The molecule has 118 valence electrons. The van der Waals surface area contributed by atoms with Crippen molar-refractivity contribution >= 4 is 11.9 Å². The standard InChI is InChI=1S/C16H25NO4/c18-15(7-6-12-3-1-2-8-21-12)17-9-13(11-4-5-11)14(10-17)16(19)20/h11-14H,1-10H2,(H,19,20)/t12?,13-,14+/m1/s1. The number of carboxylic acids is 1. The summed E-state index contributed by atoms with van der Waals surface area (Å²) in [4.78, 5) is 25.5. The summed E-state index contributed by atoms with van der Waals surface area (Å²) >= 11 is 0. The zero-order chi connectivity index (χ0) is 14.8. The number of ether oxygens (including phenoxy) is 1. The van der Waals surface area contributed by atoms with Crippen molar-refractivity contribution in [3.8, 4) is 0 Å². The van der Waals surface area contributed by atoms with E-state index < -0.39 is 5.97 Å². The molecule has 0 bridgehead atoms. The van der Waals surface area contributed by atoms with Gasteiger partial charge in [0.15, 0.2) is 0 Å². The highest BCUT2D eigenvalue weighted by atomic mass is 16.5. The molecule has 2 aliphatic heterocycles. The molecule has 21 heavy (non-hydrogen) atoms. The summed E-state index contributed by atoms with van der Waals surface area (Å²) in [5.74, 6) is -0.272. The Morgan fingerprint density at radius 3 is 2.57 bits per heavy atom. The van der Waals surface area contributed by atoms with Crippen molar-refractivity contribution in [2.75, 3.05) is 19.7 Å². The Morgan fingerprint density at radius 1 is 1.14 bits per heavy atom. The molecule has 0 spiro atoms. The van der Waals surface area contributed by atoms with E-state index in [4.69, 9.17) is 4.74 Å². The van der Waals surface area contributed by atoms with Crippen LogP contribution in [0.3, 0.4) is 0 Å². The molecule has 2 saturated heterocycles. The number of hydrogen-bond acceptors (Lipinski definition) is 3. The largest absolute Gasteiger partial charge is 0.481 e. The monoisotopic (exact) mass is 295 g/mol. The molecule has 2 heterocycles. The number of carbonyl (C=O) groups excluding carboxylic acids is 1. The van der Waals surface area contributed by atoms with Crippen LogP contribution in [-0.4, -0.2) is 47.7 Å². The predicted octanol–water partition coefficient (Wildman–Crippen LogP) is 1.90. The highest BCUT2D eigenvalue weighted by Crippen LogP contribution is 2.44. The molecule has 3 rings (SSSR count). The van der Waals surface area contributed by atoms with Crippen LogP contribution in [0.4, 0.5) is 0 Å². The van der Waals surface area contributed by atoms with Crippen molar-refractivity contribution < 1.29 is 19.4 Å². The van der Waals surface area contributed by atoms with Gasteiger partial charge in [-0.2, -0.15) is 0 Å². The van der Waals surface area contributed by atoms with Gasteiger partial charge in [-0.1, -0.05) is 0 Å². The fraction of sp³-hybridized carbons (Fsp3) is 0.875. The van der Waals surface area contributed by atoms with Crippen LogP contribution in [0.1, 0.15) is 44.9 Å². The zero-order valence-electron chi connectivity index (χ0n) is 12.5. The third-order valence-electron chi connectivity index (χ3n) is 5.22. The van der Waals surface area contributed by atoms with E-state index in [9.17, 15) is 14.7 Å². The molecule has 1 unspecified atom stereocenters. The first-order valence-corrected chi connectivity index (χ1v) is 8.27. The van der Waals surface area contributed by atoms with Gasteiger partial charge in [-0.25, -0.2) is 0 Å². The van der Waals surface area contributed by atoms with Gasteiger partial charge >= 0.3 is 5.97 Å². The summed E-state index contributed by atoms with van der Waals surface area (Å²) in [6, 6.07) is 0. The van der Waals surface area contributed by atoms with E-state index in [2.05, 4.69) is 0 Å². The van der Waals surface area contributed by atoms with Crippen molar-refractivity contribution in [1.82, 2.24) is 4.90 Å². The maximum Gasteiger partial charge on any atom is 0.308 e. The predicted molar refractivity (Wildman–Crippen MR) is 76.7 cm³/mol. The lowest BCUT2D eigenvalue weighted by Gasteiger charge is -2.23. The zero-order valence-corrected chi connectivity index (χ0v) is 12.5. The van der Waals surface area contributed by atoms with Crippen LogP contribution in [0, 0.1) is 17.8 Å². The van der Waals surface area contributed by atoms with Gasteiger partial charge in [0, 0.05) is 26.1 Å². The highest BCUT2D eigenvalue weighted by Gasteiger charge is 2.46. The molecular weight excluding hydrogens is 270 g/mol. The maximum absolute atomic E-state index is 12.3. The topological polar surface area (TPSA) is 66.8 Å². The summed E-state index contributed by atoms with van der Waals surface area (Å²) in [6.45, 7) is 1.86. The summed E-state index contributed by atoms with van der Waals surface area (Å²) in [5, 5.41) is 9.34. The number of aliphatic carboxylic acids is 1. The molecule has 3 atom stereocenters. The highest BCUT2D eigenvalue weighted by molar-refractivity contribution is 5.79. The van der Waals surface area contributed by atoms with Gasteiger partial charge in [-0.05, 0) is 50.4 Å². The lowest BCUT2D eigenvalue weighted by molar-refractivity contribution is -0.142. The molecule has 3 aliphatic rings. The van der Waals surface area contributed by atoms with Gasteiger partial charge in [0.25, 0.3) is 0 Å². The molecule has 1 N–H and O–H groups in total. The SMILES string of the molecule is O=C(O)[C@H]1CN(C(=O)CCC2CCCCO2)C[C@@H]1C1CC1. The minimum atomic E-state index is -0.738. The molecule has 5 nitrogen and oxygen atoms in total. The van der Waals surface area contributed by atoms with Crippen molar-refractivity contribution in [1.29, 1.82) is 0 Å². The van der Waals surface area contributed by atoms with Gasteiger partial charge in [0.2, 0.25) is 5.91 Å². The van der Waals surface area contributed by atoms with Crippen LogP contribution in [0.25, 0.3) is 0 Å². The number of amides is 1. The van der Waals surface area contributed by atoms with E-state index in [0.29, 0.717) is 25.4 Å². The second-order valence-corrected chi connectivity index (χ2v) is 6.77. The Morgan fingerprint density at radius 2 is 1.95 bits per heavy atom. The summed E-state index contributed by atoms with van der Waals surface area (Å²) in [6.07, 6.45) is 7.12. The van der Waals surface area contributed by atoms with Crippen LogP contribution in [0.5, 0.6) is 0 Å². The molecular formula is C16H25NO4. The first kappa shape index (κ1) is 14.8. The second kappa shape index (κ2) is 6.34. The lowest BCUT2D eigenvalue weighted by atomic mass is 9.92. The van der Waals surface area contributed by atoms with Gasteiger partial charge < -0.3 is 14.7 Å². The third kappa shape index (κ3) is 3.57. The number of carbonyl (C=O) groups is 2. The quantitative estimate of drug-likeness (QED) is 0.841. The second-order valence-electron chi connectivity index (χ2n) is 6.77. The molecule has 5 heteroatoms. The third-order valence-corrected chi connectivity index (χ3v) is 5.22. The van der Waals surface area contributed by atoms with Crippen LogP contribution >= 0.6 is 0 Å². The lowest BCUT2D eigenvalue weighted by Crippen LogP contribution is -2.31. The number of likely N-dealkylation sites (tertiary alicyclic amines) is 1. The fourth-order valence-electron chi connectivity index (χ4n) is 3.77. The van der Waals surface area contributed by atoms with Crippen LogP contribution < -0.4 is 0 Å². The van der Waals surface area contributed by atoms with E-state index in [1.54, 1.807) is 4.90 Å². The van der Waals surface area contributed by atoms with E-state index in [1.807, 2.05) is 0 Å². The van der Waals surface area contributed by atoms with Crippen LogP contribution in [0.15, 0.2) is 0 Å². The molecule has 1 amide bonds. The number of hydrogen-bond donors (Lipinski definition) is 1. The number of carboxylic acid groups (broad SMARTS) is 1. The number of rotatable bonds is 5. The molecule has 1 aliphatic carbocycles. The molecule has 1 saturated carbocycles. The van der Waals surface area contributed by atoms with Gasteiger partial charge in [-0.3, -0.25) is 9.59 Å². The van der Waals surface area contributed by atoms with Crippen molar-refractivity contribution in [3.05, 3.63) is 0 Å². The Balaban J connectivity index is 1.49. The molecule has 0 aromatic carbocycles. The Hall–Kier alpha value is -1.10. The van der Waals surface area contributed by atoms with E-state index in [-0.39, 0.29) is 23.8 Å². The molecule has 0 radical (unpaired) electrons. The minimum Gasteiger partial charge on any atom is -0.481 e. The number of nitrogens with zero attached hydrogens (tertiary/aromatic N) is 1. The summed E-state index contributed by atoms with van der Waals surface area (Å²) in [7, 11) is 0. The molecule has 0 aromatic heterocycles. The minimum absolute atomic E-state index is 0.110. The van der Waals surface area contributed by atoms with Crippen LogP contribution in [-0.2, 0) is 14.3 Å². The fourth-order valence-corrected chi connectivity index (χ4v) is 3.77. The van der Waals surface area contributed by atoms with Gasteiger partial charge in [-0.15, -0.1) is 0 Å². The molecule has 3 fully saturated rings. The average molecular weight is 295 g/mol. The smallest absolute Gasteiger partial charge is 0.308 e. The van der Waals surface area contributed by atoms with Crippen LogP contribution in [0.2, 0.25) is 0 Å². The van der Waals surface area contributed by atoms with Crippen molar-refractivity contribution in [3.63, 3.8) is 0 Å².